The van der Waals surface area contributed by atoms with Gasteiger partial charge in [-0.3, -0.25) is 0 Å². The number of carbonyl (C=O) groups excluding carboxylic acids is 1. The van der Waals surface area contributed by atoms with Crippen LogP contribution >= 0.6 is 0 Å². The predicted octanol–water partition coefficient (Wildman–Crippen LogP) is 0.570. The molecule has 0 spiro atoms. The number of anilines is 1. The number of hydrogen-bond donors (Lipinski definition) is 1. The van der Waals surface area contributed by atoms with Crippen molar-refractivity contribution in [3.63, 3.8) is 0 Å². The highest BCUT2D eigenvalue weighted by atomic mass is 32.2. The minimum Gasteiger partial charge on any atom is -0.465 e. The fourth-order valence-corrected chi connectivity index (χ4v) is 2.95. The van der Waals surface area contributed by atoms with Crippen LogP contribution in [0.5, 0.6) is 0 Å². The lowest BCUT2D eigenvalue weighted by Crippen LogP contribution is -2.02. The molecule has 0 fully saturated rings. The Labute approximate surface area is 92.4 Å². The molecule has 1 aromatic rings. The Bertz CT molecular complexity index is 601. The molecule has 84 valence electrons. The van der Waals surface area contributed by atoms with Gasteiger partial charge in [-0.1, -0.05) is 0 Å². The van der Waals surface area contributed by atoms with E-state index in [0.717, 1.165) is 5.41 Å². The van der Waals surface area contributed by atoms with Crippen LogP contribution in [0.4, 0.5) is 5.69 Å². The van der Waals surface area contributed by atoms with Crippen molar-refractivity contribution in [2.75, 3.05) is 12.8 Å². The van der Waals surface area contributed by atoms with Gasteiger partial charge < -0.3 is 10.5 Å². The van der Waals surface area contributed by atoms with Gasteiger partial charge in [0.2, 0.25) is 9.84 Å². The van der Waals surface area contributed by atoms with Crippen molar-refractivity contribution >= 4 is 27.1 Å². The molecule has 0 bridgehead atoms. The van der Waals surface area contributed by atoms with E-state index < -0.39 is 15.8 Å². The average Bonchev–Trinajstić information content (AvgIpc) is 2.49. The zero-order valence-electron chi connectivity index (χ0n) is 8.43. The largest absolute Gasteiger partial charge is 0.465 e. The molecular weight excluding hydrogens is 230 g/mol. The maximum Gasteiger partial charge on any atom is 0.339 e. The summed E-state index contributed by atoms with van der Waals surface area (Å²) in [6.07, 6.45) is 0. The van der Waals surface area contributed by atoms with Crippen LogP contribution < -0.4 is 5.73 Å². The molecule has 1 aliphatic heterocycles. The highest BCUT2D eigenvalue weighted by molar-refractivity contribution is 7.95. The smallest absolute Gasteiger partial charge is 0.339 e. The molecule has 1 aliphatic rings. The minimum absolute atomic E-state index is 0.0183. The number of nitrogen functional groups attached to an aromatic ring is 1. The van der Waals surface area contributed by atoms with Crippen LogP contribution in [0.25, 0.3) is 5.57 Å². The predicted molar refractivity (Wildman–Crippen MR) is 58.0 cm³/mol. The molecule has 6 heteroatoms. The number of sulfone groups is 1. The Balaban J connectivity index is 2.71. The SMILES string of the molecule is COC(=O)C1=CS(=O)(=O)c2ccc(N)cc21. The van der Waals surface area contributed by atoms with Gasteiger partial charge in [-0.2, -0.15) is 0 Å². The number of esters is 1. The lowest BCUT2D eigenvalue weighted by atomic mass is 10.1. The van der Waals surface area contributed by atoms with E-state index in [1.165, 1.54) is 25.3 Å². The number of ether oxygens (including phenoxy) is 1. The number of nitrogens with two attached hydrogens (primary N) is 1. The number of benzene rings is 1. The second-order valence-electron chi connectivity index (χ2n) is 3.32. The Morgan fingerprint density at radius 1 is 1.38 bits per heavy atom. The molecule has 2 rings (SSSR count). The third kappa shape index (κ3) is 1.47. The molecule has 0 amide bonds. The summed E-state index contributed by atoms with van der Waals surface area (Å²) in [6.45, 7) is 0. The summed E-state index contributed by atoms with van der Waals surface area (Å²) in [5.41, 5.74) is 6.26. The van der Waals surface area contributed by atoms with Crippen LogP contribution in [-0.2, 0) is 19.4 Å². The molecule has 0 aliphatic carbocycles. The van der Waals surface area contributed by atoms with E-state index in [-0.39, 0.29) is 10.5 Å². The highest BCUT2D eigenvalue weighted by Crippen LogP contribution is 2.35. The zero-order chi connectivity index (χ0) is 11.9. The summed E-state index contributed by atoms with van der Waals surface area (Å²) in [5, 5.41) is 0.906. The third-order valence-corrected chi connectivity index (χ3v) is 3.79. The first-order chi connectivity index (χ1) is 7.45. The van der Waals surface area contributed by atoms with Gasteiger partial charge in [0.05, 0.1) is 23.0 Å². The molecule has 0 saturated carbocycles. The van der Waals surface area contributed by atoms with Gasteiger partial charge in [0.15, 0.2) is 0 Å². The van der Waals surface area contributed by atoms with Gasteiger partial charge in [0.1, 0.15) is 0 Å². The summed E-state index contributed by atoms with van der Waals surface area (Å²) >= 11 is 0. The zero-order valence-corrected chi connectivity index (χ0v) is 9.24. The Morgan fingerprint density at radius 3 is 2.69 bits per heavy atom. The van der Waals surface area contributed by atoms with E-state index in [4.69, 9.17) is 5.73 Å². The van der Waals surface area contributed by atoms with E-state index in [1.807, 2.05) is 0 Å². The molecule has 16 heavy (non-hydrogen) atoms. The summed E-state index contributed by atoms with van der Waals surface area (Å²) < 4.78 is 27.9. The van der Waals surface area contributed by atoms with Crippen LogP contribution in [-0.4, -0.2) is 21.5 Å². The van der Waals surface area contributed by atoms with Crippen LogP contribution in [0.15, 0.2) is 28.5 Å². The standard InChI is InChI=1S/C10H9NO4S/c1-15-10(12)8-5-16(13,14)9-3-2-6(11)4-7(8)9/h2-5H,11H2,1H3. The van der Waals surface area contributed by atoms with Crippen molar-refractivity contribution in [2.45, 2.75) is 4.90 Å². The van der Waals surface area contributed by atoms with E-state index in [2.05, 4.69) is 4.74 Å². The van der Waals surface area contributed by atoms with Gasteiger partial charge >= 0.3 is 5.97 Å². The first-order valence-electron chi connectivity index (χ1n) is 4.41. The summed E-state index contributed by atoms with van der Waals surface area (Å²) in [4.78, 5) is 11.5. The van der Waals surface area contributed by atoms with Crippen molar-refractivity contribution in [2.24, 2.45) is 0 Å². The molecule has 0 radical (unpaired) electrons. The van der Waals surface area contributed by atoms with E-state index >= 15 is 0 Å². The molecule has 1 aromatic carbocycles. The number of fused-ring (bicyclic) bond motifs is 1. The fourth-order valence-electron chi connectivity index (χ4n) is 1.56. The maximum absolute atomic E-state index is 11.7. The van der Waals surface area contributed by atoms with E-state index in [1.54, 1.807) is 0 Å². The molecule has 5 nitrogen and oxygen atoms in total. The number of rotatable bonds is 1. The number of hydrogen-bond acceptors (Lipinski definition) is 5. The van der Waals surface area contributed by atoms with Crippen molar-refractivity contribution < 1.29 is 17.9 Å². The number of carbonyl (C=O) groups is 1. The van der Waals surface area contributed by atoms with Crippen LogP contribution in [0.2, 0.25) is 0 Å². The van der Waals surface area contributed by atoms with Gasteiger partial charge in [-0.15, -0.1) is 0 Å². The van der Waals surface area contributed by atoms with Crippen molar-refractivity contribution in [1.29, 1.82) is 0 Å². The Hall–Kier alpha value is -1.82. The van der Waals surface area contributed by atoms with Crippen molar-refractivity contribution in [3.8, 4) is 0 Å². The monoisotopic (exact) mass is 239 g/mol. The quantitative estimate of drug-likeness (QED) is 0.572. The second-order valence-corrected chi connectivity index (χ2v) is 5.09. The summed E-state index contributed by atoms with van der Waals surface area (Å²) in [6, 6.07) is 4.31. The van der Waals surface area contributed by atoms with Crippen LogP contribution in [0, 0.1) is 0 Å². The van der Waals surface area contributed by atoms with Gasteiger partial charge in [0.25, 0.3) is 0 Å². The van der Waals surface area contributed by atoms with Crippen molar-refractivity contribution in [3.05, 3.63) is 29.2 Å². The minimum atomic E-state index is -3.55. The van der Waals surface area contributed by atoms with Crippen molar-refractivity contribution in [1.82, 2.24) is 0 Å². The van der Waals surface area contributed by atoms with E-state index in [0.29, 0.717) is 11.3 Å². The third-order valence-electron chi connectivity index (χ3n) is 2.28. The molecule has 1 heterocycles. The lowest BCUT2D eigenvalue weighted by Gasteiger charge is -2.03. The van der Waals surface area contributed by atoms with Gasteiger partial charge in [0, 0.05) is 11.3 Å². The van der Waals surface area contributed by atoms with E-state index in [9.17, 15) is 13.2 Å². The summed E-state index contributed by atoms with van der Waals surface area (Å²) in [5.74, 6) is -0.687. The van der Waals surface area contributed by atoms with Gasteiger partial charge in [-0.05, 0) is 18.2 Å². The first-order valence-corrected chi connectivity index (χ1v) is 5.95. The average molecular weight is 239 g/mol. The van der Waals surface area contributed by atoms with Crippen LogP contribution in [0.3, 0.4) is 0 Å². The fraction of sp³-hybridized carbons (Fsp3) is 0.100. The topological polar surface area (TPSA) is 86.5 Å². The molecule has 0 saturated heterocycles. The normalized spacial score (nSPS) is 16.4. The summed E-state index contributed by atoms with van der Waals surface area (Å²) in [7, 11) is -2.35. The Kier molecular flexibility index (Phi) is 2.23. The molecule has 2 N–H and O–H groups in total. The van der Waals surface area contributed by atoms with Gasteiger partial charge in [-0.25, -0.2) is 13.2 Å². The van der Waals surface area contributed by atoms with Crippen LogP contribution in [0.1, 0.15) is 5.56 Å². The molecular formula is C10H9NO4S. The second kappa shape index (κ2) is 3.34. The molecule has 0 aromatic heterocycles. The highest BCUT2D eigenvalue weighted by Gasteiger charge is 2.31. The molecule has 0 unspecified atom stereocenters. The molecule has 0 atom stereocenters. The first kappa shape index (κ1) is 10.7. The lowest BCUT2D eigenvalue weighted by molar-refractivity contribution is -0.133. The number of methoxy groups -OCH3 is 1. The maximum atomic E-state index is 11.7. The Morgan fingerprint density at radius 2 is 2.06 bits per heavy atom.